The van der Waals surface area contributed by atoms with Crippen molar-refractivity contribution in [3.63, 3.8) is 0 Å². The van der Waals surface area contributed by atoms with Gasteiger partial charge < -0.3 is 20.5 Å². The zero-order valence-electron chi connectivity index (χ0n) is 21.8. The number of nitrogens with one attached hydrogen (secondary N) is 2. The number of anilines is 2. The summed E-state index contributed by atoms with van der Waals surface area (Å²) >= 11 is 6.21. The van der Waals surface area contributed by atoms with Gasteiger partial charge in [-0.3, -0.25) is 9.89 Å². The Kier molecular flexibility index (Phi) is 7.67. The normalized spacial score (nSPS) is 11.4. The highest BCUT2D eigenvalue weighted by Crippen LogP contribution is 2.46. The second-order valence-corrected chi connectivity index (χ2v) is 9.46. The number of aromatic nitrogens is 2. The molecule has 5 rings (SSSR count). The van der Waals surface area contributed by atoms with Gasteiger partial charge in [0.15, 0.2) is 11.6 Å². The van der Waals surface area contributed by atoms with Crippen molar-refractivity contribution in [2.75, 3.05) is 18.2 Å². The van der Waals surface area contributed by atoms with Crippen LogP contribution < -0.4 is 15.8 Å². The molecule has 0 saturated heterocycles. The Labute approximate surface area is 244 Å². The van der Waals surface area contributed by atoms with E-state index in [1.54, 1.807) is 18.2 Å². The minimum Gasteiger partial charge on any atom is -0.465 e. The van der Waals surface area contributed by atoms with Crippen molar-refractivity contribution in [1.82, 2.24) is 10.2 Å². The molecular weight excluding hydrogens is 599 g/mol. The lowest BCUT2D eigenvalue weighted by molar-refractivity contribution is -0.137. The Morgan fingerprint density at radius 1 is 0.977 bits per heavy atom. The molecule has 14 heteroatoms. The summed E-state index contributed by atoms with van der Waals surface area (Å²) in [6, 6.07) is 12.2. The molecule has 0 fully saturated rings. The molecular formula is C29H18ClF5N4O4. The van der Waals surface area contributed by atoms with Crippen molar-refractivity contribution in [2.45, 2.75) is 6.18 Å². The van der Waals surface area contributed by atoms with E-state index < -0.39 is 40.8 Å². The van der Waals surface area contributed by atoms with Gasteiger partial charge in [-0.05, 0) is 48.0 Å². The minimum absolute atomic E-state index is 0.0334. The zero-order valence-corrected chi connectivity index (χ0v) is 22.5. The molecule has 0 aliphatic heterocycles. The molecule has 1 aromatic heterocycles. The molecule has 0 spiro atoms. The monoisotopic (exact) mass is 616 g/mol. The van der Waals surface area contributed by atoms with Crippen LogP contribution >= 0.6 is 11.6 Å². The third-order valence-electron chi connectivity index (χ3n) is 6.29. The number of alkyl halides is 3. The molecule has 0 saturated carbocycles. The first-order valence-electron chi connectivity index (χ1n) is 12.2. The lowest BCUT2D eigenvalue weighted by atomic mass is 9.96. The quantitative estimate of drug-likeness (QED) is 0.134. The molecule has 1 amide bonds. The van der Waals surface area contributed by atoms with Gasteiger partial charge in [0, 0.05) is 17.2 Å². The summed E-state index contributed by atoms with van der Waals surface area (Å²) < 4.78 is 79.1. The maximum atomic E-state index is 14.1. The van der Waals surface area contributed by atoms with Crippen molar-refractivity contribution < 1.29 is 41.0 Å². The second-order valence-electron chi connectivity index (χ2n) is 9.05. The SMILES string of the molecule is COC(=O)c1ccccc1-c1cc(NC(=O)c2cc(F)cc(C(F)(F)F)c2)c(Oc2cc(F)ccc2Cl)c2c(N)n[nH]c12. The van der Waals surface area contributed by atoms with Crippen LogP contribution in [0.5, 0.6) is 11.5 Å². The Morgan fingerprint density at radius 3 is 2.44 bits per heavy atom. The molecule has 4 aromatic carbocycles. The predicted octanol–water partition coefficient (Wildman–Crippen LogP) is 7.59. The first kappa shape index (κ1) is 29.3. The summed E-state index contributed by atoms with van der Waals surface area (Å²) in [7, 11) is 1.18. The highest BCUT2D eigenvalue weighted by atomic mass is 35.5. The van der Waals surface area contributed by atoms with Gasteiger partial charge in [-0.2, -0.15) is 18.3 Å². The summed E-state index contributed by atoms with van der Waals surface area (Å²) in [6.45, 7) is 0. The molecule has 4 N–H and O–H groups in total. The van der Waals surface area contributed by atoms with Gasteiger partial charge in [0.25, 0.3) is 5.91 Å². The van der Waals surface area contributed by atoms with Crippen LogP contribution in [-0.4, -0.2) is 29.2 Å². The minimum atomic E-state index is -4.94. The van der Waals surface area contributed by atoms with Gasteiger partial charge in [0.05, 0.1) is 39.8 Å². The molecule has 0 aliphatic rings. The van der Waals surface area contributed by atoms with Gasteiger partial charge in [0.2, 0.25) is 0 Å². The van der Waals surface area contributed by atoms with E-state index in [9.17, 15) is 31.5 Å². The van der Waals surface area contributed by atoms with E-state index in [0.29, 0.717) is 17.7 Å². The fourth-order valence-corrected chi connectivity index (χ4v) is 4.52. The number of hydrogen-bond acceptors (Lipinski definition) is 6. The first-order chi connectivity index (χ1) is 20.4. The predicted molar refractivity (Wildman–Crippen MR) is 148 cm³/mol. The van der Waals surface area contributed by atoms with Crippen LogP contribution in [0.15, 0.2) is 66.7 Å². The molecule has 0 aliphatic carbocycles. The molecule has 0 atom stereocenters. The summed E-state index contributed by atoms with van der Waals surface area (Å²) in [5.74, 6) is -4.46. The molecule has 5 aromatic rings. The standard InChI is InChI=1S/C29H18ClF5N4O4/c1-42-28(41)18-5-3-2-4-17(18)19-12-21(37-27(40)13-8-14(29(33,34)35)10-16(32)9-13)25(23-24(19)38-39-26(23)36)43-22-11-15(31)6-7-20(22)30/h2-12H,1H3,(H,37,40)(H3,36,38,39). The van der Waals surface area contributed by atoms with Crippen molar-refractivity contribution in [3.05, 3.63) is 100 Å². The maximum absolute atomic E-state index is 14.1. The third-order valence-corrected chi connectivity index (χ3v) is 6.60. The van der Waals surface area contributed by atoms with Gasteiger partial charge >= 0.3 is 12.1 Å². The number of carbonyl (C=O) groups excluding carboxylic acids is 2. The largest absolute Gasteiger partial charge is 0.465 e. The summed E-state index contributed by atoms with van der Waals surface area (Å²) in [5, 5.41) is 9.18. The van der Waals surface area contributed by atoms with E-state index in [1.807, 2.05) is 0 Å². The molecule has 0 bridgehead atoms. The number of methoxy groups -OCH3 is 1. The average molecular weight is 617 g/mol. The summed E-state index contributed by atoms with van der Waals surface area (Å²) in [5.41, 5.74) is 4.74. The fourth-order valence-electron chi connectivity index (χ4n) is 4.36. The van der Waals surface area contributed by atoms with Crippen LogP contribution in [0.25, 0.3) is 22.0 Å². The number of H-pyrrole nitrogens is 1. The topological polar surface area (TPSA) is 119 Å². The van der Waals surface area contributed by atoms with Crippen molar-refractivity contribution in [2.24, 2.45) is 0 Å². The number of esters is 1. The number of ether oxygens (including phenoxy) is 2. The number of halogens is 6. The summed E-state index contributed by atoms with van der Waals surface area (Å²) in [4.78, 5) is 25.9. The number of rotatable bonds is 6. The number of amides is 1. The number of nitrogens with zero attached hydrogens (tertiary/aromatic N) is 1. The Hall–Kier alpha value is -5.17. The highest BCUT2D eigenvalue weighted by Gasteiger charge is 2.32. The van der Waals surface area contributed by atoms with Crippen LogP contribution in [0.1, 0.15) is 26.3 Å². The molecule has 0 unspecified atom stereocenters. The van der Waals surface area contributed by atoms with Crippen LogP contribution in [0.4, 0.5) is 33.5 Å². The Morgan fingerprint density at radius 2 is 1.72 bits per heavy atom. The van der Waals surface area contributed by atoms with E-state index >= 15 is 0 Å². The molecule has 1 heterocycles. The smallest absolute Gasteiger partial charge is 0.416 e. The summed E-state index contributed by atoms with van der Waals surface area (Å²) in [6.07, 6.45) is -4.94. The second kappa shape index (κ2) is 11.2. The van der Waals surface area contributed by atoms with E-state index in [0.717, 1.165) is 12.1 Å². The Bertz CT molecular complexity index is 1910. The van der Waals surface area contributed by atoms with E-state index in [2.05, 4.69) is 15.5 Å². The van der Waals surface area contributed by atoms with Gasteiger partial charge in [-0.25, -0.2) is 13.6 Å². The third kappa shape index (κ3) is 5.79. The molecule has 220 valence electrons. The maximum Gasteiger partial charge on any atom is 0.416 e. The van der Waals surface area contributed by atoms with Gasteiger partial charge in [-0.15, -0.1) is 0 Å². The van der Waals surface area contributed by atoms with Crippen LogP contribution in [0.2, 0.25) is 5.02 Å². The first-order valence-corrected chi connectivity index (χ1v) is 12.6. The van der Waals surface area contributed by atoms with E-state index in [4.69, 9.17) is 26.8 Å². The van der Waals surface area contributed by atoms with Crippen molar-refractivity contribution in [3.8, 4) is 22.6 Å². The number of benzene rings is 4. The van der Waals surface area contributed by atoms with Gasteiger partial charge in [0.1, 0.15) is 17.4 Å². The molecule has 0 radical (unpaired) electrons. The molecule has 8 nitrogen and oxygen atoms in total. The molecule has 43 heavy (non-hydrogen) atoms. The zero-order chi connectivity index (χ0) is 31.1. The van der Waals surface area contributed by atoms with Crippen LogP contribution in [0, 0.1) is 11.6 Å². The van der Waals surface area contributed by atoms with Crippen molar-refractivity contribution >= 4 is 45.9 Å². The lowest BCUT2D eigenvalue weighted by Gasteiger charge is -2.18. The van der Waals surface area contributed by atoms with Crippen LogP contribution in [0.3, 0.4) is 0 Å². The van der Waals surface area contributed by atoms with E-state index in [1.165, 1.54) is 25.3 Å². The number of nitrogen functional groups attached to an aromatic ring is 1. The fraction of sp³-hybridized carbons (Fsp3) is 0.0690. The highest BCUT2D eigenvalue weighted by molar-refractivity contribution is 6.32. The lowest BCUT2D eigenvalue weighted by Crippen LogP contribution is -2.15. The number of hydrogen-bond donors (Lipinski definition) is 3. The number of aromatic amines is 1. The number of nitrogens with two attached hydrogens (primary N) is 1. The van der Waals surface area contributed by atoms with E-state index in [-0.39, 0.29) is 56.1 Å². The van der Waals surface area contributed by atoms with Crippen LogP contribution in [-0.2, 0) is 10.9 Å². The van der Waals surface area contributed by atoms with Gasteiger partial charge in [-0.1, -0.05) is 29.8 Å². The Balaban J connectivity index is 1.75. The van der Waals surface area contributed by atoms with Crippen molar-refractivity contribution in [1.29, 1.82) is 0 Å². The number of fused-ring (bicyclic) bond motifs is 1. The average Bonchev–Trinajstić information content (AvgIpc) is 3.36. The number of carbonyl (C=O) groups is 2.